The van der Waals surface area contributed by atoms with Crippen molar-refractivity contribution >= 4 is 40.7 Å². The first kappa shape index (κ1) is 16.6. The van der Waals surface area contributed by atoms with Gasteiger partial charge in [0, 0.05) is 6.42 Å². The molecule has 0 aliphatic heterocycles. The van der Waals surface area contributed by atoms with Crippen molar-refractivity contribution in [2.75, 3.05) is 0 Å². The molecule has 0 unspecified atom stereocenters. The van der Waals surface area contributed by atoms with Crippen LogP contribution in [0.4, 0.5) is 0 Å². The maximum atomic E-state index is 11.7. The number of rotatable bonds is 6. The monoisotopic (exact) mass is 326 g/mol. The molecular formula is C12H17Cl3N2O2. The Morgan fingerprint density at radius 2 is 2.11 bits per heavy atom. The lowest BCUT2D eigenvalue weighted by Crippen LogP contribution is -2.53. The summed E-state index contributed by atoms with van der Waals surface area (Å²) >= 11 is 17.5. The summed E-state index contributed by atoms with van der Waals surface area (Å²) in [6, 6.07) is 3.55. The molecule has 2 N–H and O–H groups in total. The highest BCUT2D eigenvalue weighted by molar-refractivity contribution is 6.68. The van der Waals surface area contributed by atoms with Crippen molar-refractivity contribution in [2.24, 2.45) is 5.92 Å². The Morgan fingerprint density at radius 3 is 2.58 bits per heavy atom. The number of halogens is 3. The highest BCUT2D eigenvalue weighted by Crippen LogP contribution is 2.29. The number of amides is 1. The minimum absolute atomic E-state index is 0.168. The molecule has 108 valence electrons. The van der Waals surface area contributed by atoms with E-state index in [2.05, 4.69) is 10.6 Å². The first-order valence-corrected chi connectivity index (χ1v) is 7.04. The average molecular weight is 328 g/mol. The van der Waals surface area contributed by atoms with Crippen molar-refractivity contribution in [1.29, 1.82) is 0 Å². The molecule has 1 heterocycles. The number of nitrogens with one attached hydrogen (secondary N) is 2. The summed E-state index contributed by atoms with van der Waals surface area (Å²) in [5.41, 5.74) is 0. The Morgan fingerprint density at radius 1 is 1.42 bits per heavy atom. The molecule has 1 amide bonds. The Bertz CT molecular complexity index is 388. The average Bonchev–Trinajstić information content (AvgIpc) is 2.74. The summed E-state index contributed by atoms with van der Waals surface area (Å²) in [4.78, 5) is 11.7. The predicted octanol–water partition coefficient (Wildman–Crippen LogP) is 3.23. The van der Waals surface area contributed by atoms with Crippen LogP contribution in [-0.2, 0) is 11.3 Å². The van der Waals surface area contributed by atoms with Gasteiger partial charge in [0.2, 0.25) is 9.70 Å². The van der Waals surface area contributed by atoms with Crippen LogP contribution in [0, 0.1) is 5.92 Å². The quantitative estimate of drug-likeness (QED) is 0.623. The molecule has 1 aromatic heterocycles. The van der Waals surface area contributed by atoms with Gasteiger partial charge in [-0.15, -0.1) is 0 Å². The fraction of sp³-hybridized carbons (Fsp3) is 0.583. The normalized spacial score (nSPS) is 13.6. The molecule has 4 nitrogen and oxygen atoms in total. The lowest BCUT2D eigenvalue weighted by atomic mass is 10.1. The number of alkyl halides is 3. The molecule has 19 heavy (non-hydrogen) atoms. The van der Waals surface area contributed by atoms with Crippen LogP contribution in [-0.4, -0.2) is 15.9 Å². The molecule has 0 radical (unpaired) electrons. The maximum absolute atomic E-state index is 11.7. The summed E-state index contributed by atoms with van der Waals surface area (Å²) in [5.74, 6) is 0.761. The third-order valence-electron chi connectivity index (χ3n) is 2.29. The fourth-order valence-electron chi connectivity index (χ4n) is 1.46. The van der Waals surface area contributed by atoms with Gasteiger partial charge in [-0.05, 0) is 18.1 Å². The summed E-state index contributed by atoms with van der Waals surface area (Å²) < 4.78 is 3.52. The first-order chi connectivity index (χ1) is 8.79. The van der Waals surface area contributed by atoms with Crippen LogP contribution in [0.2, 0.25) is 0 Å². The Balaban J connectivity index is 2.55. The van der Waals surface area contributed by atoms with E-state index in [1.54, 1.807) is 18.4 Å². The van der Waals surface area contributed by atoms with Gasteiger partial charge in [0.05, 0.1) is 12.8 Å². The topological polar surface area (TPSA) is 54.3 Å². The minimum atomic E-state index is -1.64. The van der Waals surface area contributed by atoms with Gasteiger partial charge in [0.15, 0.2) is 0 Å². The third-order valence-corrected chi connectivity index (χ3v) is 2.94. The molecule has 0 aliphatic carbocycles. The van der Waals surface area contributed by atoms with E-state index in [1.807, 2.05) is 13.8 Å². The first-order valence-electron chi connectivity index (χ1n) is 5.91. The molecule has 1 aromatic rings. The molecule has 0 bridgehead atoms. The fourth-order valence-corrected chi connectivity index (χ4v) is 1.85. The lowest BCUT2D eigenvalue weighted by Gasteiger charge is -2.26. The van der Waals surface area contributed by atoms with E-state index in [-0.39, 0.29) is 11.8 Å². The minimum Gasteiger partial charge on any atom is -0.468 e. The molecule has 7 heteroatoms. The van der Waals surface area contributed by atoms with Gasteiger partial charge in [0.1, 0.15) is 11.9 Å². The Kier molecular flexibility index (Phi) is 6.47. The zero-order chi connectivity index (χ0) is 14.5. The number of hydrogen-bond donors (Lipinski definition) is 2. The summed E-state index contributed by atoms with van der Waals surface area (Å²) in [7, 11) is 0. The summed E-state index contributed by atoms with van der Waals surface area (Å²) in [5, 5.41) is 5.61. The van der Waals surface area contributed by atoms with Crippen LogP contribution in [0.5, 0.6) is 0 Å². The predicted molar refractivity (Wildman–Crippen MR) is 77.2 cm³/mol. The molecule has 0 saturated carbocycles. The van der Waals surface area contributed by atoms with E-state index in [0.717, 1.165) is 0 Å². The second-order valence-electron chi connectivity index (χ2n) is 4.60. The number of furan rings is 1. The van der Waals surface area contributed by atoms with Gasteiger partial charge in [0.25, 0.3) is 0 Å². The summed E-state index contributed by atoms with van der Waals surface area (Å²) in [6.07, 6.45) is 1.15. The Hall–Kier alpha value is -0.420. The highest BCUT2D eigenvalue weighted by atomic mass is 35.6. The smallest absolute Gasteiger partial charge is 0.223 e. The van der Waals surface area contributed by atoms with Crippen LogP contribution in [0.15, 0.2) is 22.8 Å². The number of carbonyl (C=O) groups excluding carboxylic acids is 1. The van der Waals surface area contributed by atoms with Gasteiger partial charge < -0.3 is 9.73 Å². The molecule has 1 atom stereocenters. The van der Waals surface area contributed by atoms with E-state index >= 15 is 0 Å². The molecule has 0 fully saturated rings. The van der Waals surface area contributed by atoms with E-state index in [9.17, 15) is 4.79 Å². The van der Waals surface area contributed by atoms with E-state index < -0.39 is 9.96 Å². The van der Waals surface area contributed by atoms with Gasteiger partial charge in [-0.1, -0.05) is 48.7 Å². The standard InChI is InChI=1S/C12H17Cl3N2O2/c1-8(2)6-10(18)17-11(12(13,14)15)16-7-9-4-3-5-19-9/h3-5,8,11,16H,6-7H2,1-2H3,(H,17,18)/t11-/m1/s1. The van der Waals surface area contributed by atoms with Crippen molar-refractivity contribution in [1.82, 2.24) is 10.6 Å². The van der Waals surface area contributed by atoms with Crippen molar-refractivity contribution < 1.29 is 9.21 Å². The van der Waals surface area contributed by atoms with Crippen molar-refractivity contribution in [2.45, 2.75) is 36.8 Å². The van der Waals surface area contributed by atoms with Crippen molar-refractivity contribution in [3.05, 3.63) is 24.2 Å². The van der Waals surface area contributed by atoms with Gasteiger partial charge in [-0.2, -0.15) is 0 Å². The lowest BCUT2D eigenvalue weighted by molar-refractivity contribution is -0.122. The van der Waals surface area contributed by atoms with E-state index in [0.29, 0.717) is 18.7 Å². The van der Waals surface area contributed by atoms with Crippen LogP contribution in [0.25, 0.3) is 0 Å². The van der Waals surface area contributed by atoms with Crippen LogP contribution >= 0.6 is 34.8 Å². The molecule has 0 saturated heterocycles. The van der Waals surface area contributed by atoms with E-state index in [1.165, 1.54) is 0 Å². The number of carbonyl (C=O) groups is 1. The molecule has 0 aliphatic rings. The van der Waals surface area contributed by atoms with E-state index in [4.69, 9.17) is 39.2 Å². The summed E-state index contributed by atoms with van der Waals surface area (Å²) in [6.45, 7) is 4.24. The second-order valence-corrected chi connectivity index (χ2v) is 6.97. The van der Waals surface area contributed by atoms with Gasteiger partial charge in [-0.25, -0.2) is 0 Å². The zero-order valence-electron chi connectivity index (χ0n) is 10.8. The zero-order valence-corrected chi connectivity index (χ0v) is 13.0. The molecule has 0 spiro atoms. The largest absolute Gasteiger partial charge is 0.468 e. The molecular weight excluding hydrogens is 311 g/mol. The van der Waals surface area contributed by atoms with Gasteiger partial charge >= 0.3 is 0 Å². The van der Waals surface area contributed by atoms with Crippen molar-refractivity contribution in [3.8, 4) is 0 Å². The number of hydrogen-bond acceptors (Lipinski definition) is 3. The Labute approximate surface area is 127 Å². The SMILES string of the molecule is CC(C)CC(=O)N[C@@H](NCc1ccco1)C(Cl)(Cl)Cl. The second kappa shape index (κ2) is 7.39. The maximum Gasteiger partial charge on any atom is 0.223 e. The van der Waals surface area contributed by atoms with Crippen LogP contribution in [0.3, 0.4) is 0 Å². The van der Waals surface area contributed by atoms with Crippen LogP contribution in [0.1, 0.15) is 26.0 Å². The highest BCUT2D eigenvalue weighted by Gasteiger charge is 2.33. The van der Waals surface area contributed by atoms with Crippen LogP contribution < -0.4 is 10.6 Å². The molecule has 1 rings (SSSR count). The van der Waals surface area contributed by atoms with Gasteiger partial charge in [-0.3, -0.25) is 10.1 Å². The third kappa shape index (κ3) is 6.52. The molecule has 0 aromatic carbocycles. The van der Waals surface area contributed by atoms with Crippen molar-refractivity contribution in [3.63, 3.8) is 0 Å².